The summed E-state index contributed by atoms with van der Waals surface area (Å²) in [7, 11) is 5.40. The maximum Gasteiger partial charge on any atom is 0.0712 e. The second kappa shape index (κ2) is 2.76. The van der Waals surface area contributed by atoms with Gasteiger partial charge in [0.05, 0.1) is 7.85 Å². The molecule has 0 N–H and O–H groups in total. The molecule has 0 atom stereocenters. The Hall–Kier alpha value is -0.455. The standard InChI is InChI=1S/C7H9B/c8-6-7-4-2-1-3-5-7/h1-2,4H,3,5-6H2. The molecule has 1 aliphatic rings. The maximum atomic E-state index is 5.40. The Bertz CT molecular complexity index is 122. The fraction of sp³-hybridized carbons (Fsp3) is 0.429. The quantitative estimate of drug-likeness (QED) is 0.445. The molecule has 0 unspecified atom stereocenters. The van der Waals surface area contributed by atoms with Crippen molar-refractivity contribution >= 4 is 7.85 Å². The van der Waals surface area contributed by atoms with Crippen LogP contribution < -0.4 is 0 Å². The van der Waals surface area contributed by atoms with Gasteiger partial charge in [0.25, 0.3) is 0 Å². The molecule has 0 saturated carbocycles. The van der Waals surface area contributed by atoms with Crippen molar-refractivity contribution in [2.24, 2.45) is 0 Å². The molecule has 0 spiro atoms. The van der Waals surface area contributed by atoms with E-state index in [0.29, 0.717) is 0 Å². The Morgan fingerprint density at radius 2 is 2.50 bits per heavy atom. The van der Waals surface area contributed by atoms with Gasteiger partial charge in [-0.15, -0.1) is 0 Å². The Kier molecular flexibility index (Phi) is 1.96. The highest BCUT2D eigenvalue weighted by Gasteiger charge is 1.93. The largest absolute Gasteiger partial charge is 0.0842 e. The maximum absolute atomic E-state index is 5.40. The molecule has 1 aliphatic carbocycles. The summed E-state index contributed by atoms with van der Waals surface area (Å²) in [5, 5.41) is 0. The first kappa shape index (κ1) is 5.68. The van der Waals surface area contributed by atoms with Crippen molar-refractivity contribution in [1.29, 1.82) is 0 Å². The van der Waals surface area contributed by atoms with Crippen LogP contribution in [0.4, 0.5) is 0 Å². The van der Waals surface area contributed by atoms with Crippen LogP contribution in [0.3, 0.4) is 0 Å². The van der Waals surface area contributed by atoms with Gasteiger partial charge >= 0.3 is 0 Å². The minimum Gasteiger partial charge on any atom is -0.0842 e. The average molecular weight is 104 g/mol. The van der Waals surface area contributed by atoms with E-state index in [2.05, 4.69) is 18.2 Å². The van der Waals surface area contributed by atoms with Crippen LogP contribution in [0.15, 0.2) is 23.8 Å². The SMILES string of the molecule is [B]CC1=CC=CCC1. The van der Waals surface area contributed by atoms with Crippen LogP contribution in [0.2, 0.25) is 6.32 Å². The number of allylic oxidation sites excluding steroid dienone is 4. The van der Waals surface area contributed by atoms with Gasteiger partial charge in [0.2, 0.25) is 0 Å². The first-order valence-electron chi connectivity index (χ1n) is 2.98. The predicted molar refractivity (Wildman–Crippen MR) is 37.0 cm³/mol. The van der Waals surface area contributed by atoms with Crippen LogP contribution in [-0.4, -0.2) is 7.85 Å². The molecule has 8 heavy (non-hydrogen) atoms. The van der Waals surface area contributed by atoms with E-state index in [0.717, 1.165) is 12.7 Å². The molecule has 0 aromatic carbocycles. The second-order valence-electron chi connectivity index (χ2n) is 2.00. The summed E-state index contributed by atoms with van der Waals surface area (Å²) >= 11 is 0. The molecule has 0 amide bonds. The fourth-order valence-corrected chi connectivity index (χ4v) is 0.823. The zero-order valence-corrected chi connectivity index (χ0v) is 4.93. The molecule has 2 radical (unpaired) electrons. The smallest absolute Gasteiger partial charge is 0.0712 e. The minimum absolute atomic E-state index is 0.727. The summed E-state index contributed by atoms with van der Waals surface area (Å²) < 4.78 is 0. The Balaban J connectivity index is 2.50. The van der Waals surface area contributed by atoms with Gasteiger partial charge in [-0.3, -0.25) is 0 Å². The van der Waals surface area contributed by atoms with Gasteiger partial charge < -0.3 is 0 Å². The third-order valence-electron chi connectivity index (χ3n) is 1.36. The molecular formula is C7H9B. The number of rotatable bonds is 1. The molecule has 0 bridgehead atoms. The van der Waals surface area contributed by atoms with Gasteiger partial charge in [-0.2, -0.15) is 0 Å². The van der Waals surface area contributed by atoms with Crippen molar-refractivity contribution in [3.8, 4) is 0 Å². The molecule has 1 heteroatoms. The van der Waals surface area contributed by atoms with E-state index in [9.17, 15) is 0 Å². The summed E-state index contributed by atoms with van der Waals surface area (Å²) in [6, 6.07) is 0. The first-order chi connectivity index (χ1) is 3.93. The van der Waals surface area contributed by atoms with Crippen molar-refractivity contribution in [2.45, 2.75) is 19.2 Å². The van der Waals surface area contributed by atoms with Crippen molar-refractivity contribution in [2.75, 3.05) is 0 Å². The van der Waals surface area contributed by atoms with Gasteiger partial charge in [0.15, 0.2) is 0 Å². The summed E-state index contributed by atoms with van der Waals surface area (Å²) in [5.41, 5.74) is 1.37. The lowest BCUT2D eigenvalue weighted by molar-refractivity contribution is 0.960. The normalized spacial score (nSPS) is 18.2. The van der Waals surface area contributed by atoms with Gasteiger partial charge in [0.1, 0.15) is 0 Å². The van der Waals surface area contributed by atoms with Crippen LogP contribution >= 0.6 is 0 Å². The van der Waals surface area contributed by atoms with Crippen LogP contribution in [0.5, 0.6) is 0 Å². The molecule has 0 aliphatic heterocycles. The van der Waals surface area contributed by atoms with E-state index in [1.165, 1.54) is 12.0 Å². The third-order valence-corrected chi connectivity index (χ3v) is 1.36. The number of hydrogen-bond donors (Lipinski definition) is 0. The van der Waals surface area contributed by atoms with Crippen molar-refractivity contribution < 1.29 is 0 Å². The molecular weight excluding hydrogens is 94.9 g/mol. The van der Waals surface area contributed by atoms with Crippen LogP contribution in [0, 0.1) is 0 Å². The predicted octanol–water partition coefficient (Wildman–Crippen LogP) is 1.85. The fourth-order valence-electron chi connectivity index (χ4n) is 0.823. The lowest BCUT2D eigenvalue weighted by Gasteiger charge is -2.03. The summed E-state index contributed by atoms with van der Waals surface area (Å²) in [6.07, 6.45) is 9.40. The van der Waals surface area contributed by atoms with Gasteiger partial charge in [-0.1, -0.05) is 30.1 Å². The number of hydrogen-bond acceptors (Lipinski definition) is 0. The zero-order valence-electron chi connectivity index (χ0n) is 4.93. The van der Waals surface area contributed by atoms with Crippen molar-refractivity contribution in [3.63, 3.8) is 0 Å². The van der Waals surface area contributed by atoms with Gasteiger partial charge in [-0.25, -0.2) is 0 Å². The van der Waals surface area contributed by atoms with E-state index in [1.54, 1.807) is 0 Å². The molecule has 1 rings (SSSR count). The molecule has 40 valence electrons. The Labute approximate surface area is 51.7 Å². The van der Waals surface area contributed by atoms with Crippen LogP contribution in [0.1, 0.15) is 12.8 Å². The summed E-state index contributed by atoms with van der Waals surface area (Å²) in [4.78, 5) is 0. The Morgan fingerprint density at radius 1 is 1.62 bits per heavy atom. The lowest BCUT2D eigenvalue weighted by Crippen LogP contribution is -1.84. The highest BCUT2D eigenvalue weighted by Crippen LogP contribution is 2.13. The molecule has 0 aromatic heterocycles. The molecule has 0 heterocycles. The van der Waals surface area contributed by atoms with Crippen molar-refractivity contribution in [1.82, 2.24) is 0 Å². The average Bonchev–Trinajstić information content (AvgIpc) is 1.90. The van der Waals surface area contributed by atoms with Crippen LogP contribution in [0.25, 0.3) is 0 Å². The van der Waals surface area contributed by atoms with Gasteiger partial charge in [0, 0.05) is 0 Å². The summed E-state index contributed by atoms with van der Waals surface area (Å²) in [5.74, 6) is 0. The second-order valence-corrected chi connectivity index (χ2v) is 2.00. The minimum atomic E-state index is 0.727. The highest BCUT2D eigenvalue weighted by atomic mass is 14.0. The molecule has 0 fully saturated rings. The molecule has 0 aromatic rings. The third kappa shape index (κ3) is 1.26. The van der Waals surface area contributed by atoms with Gasteiger partial charge in [-0.05, 0) is 12.8 Å². The first-order valence-corrected chi connectivity index (χ1v) is 2.98. The Morgan fingerprint density at radius 3 is 2.88 bits per heavy atom. The monoisotopic (exact) mass is 104 g/mol. The van der Waals surface area contributed by atoms with Crippen molar-refractivity contribution in [3.05, 3.63) is 23.8 Å². The summed E-state index contributed by atoms with van der Waals surface area (Å²) in [6.45, 7) is 0. The van der Waals surface area contributed by atoms with E-state index in [-0.39, 0.29) is 0 Å². The topological polar surface area (TPSA) is 0 Å². The molecule has 0 nitrogen and oxygen atoms in total. The molecule has 0 saturated heterocycles. The van der Waals surface area contributed by atoms with Crippen LogP contribution in [-0.2, 0) is 0 Å². The van der Waals surface area contributed by atoms with E-state index < -0.39 is 0 Å². The van der Waals surface area contributed by atoms with E-state index in [4.69, 9.17) is 7.85 Å². The zero-order chi connectivity index (χ0) is 5.82. The highest BCUT2D eigenvalue weighted by molar-refractivity contribution is 6.10. The van der Waals surface area contributed by atoms with E-state index >= 15 is 0 Å². The lowest BCUT2D eigenvalue weighted by atomic mass is 9.91. The van der Waals surface area contributed by atoms with E-state index in [1.807, 2.05) is 0 Å².